The highest BCUT2D eigenvalue weighted by Crippen LogP contribution is 2.22. The van der Waals surface area contributed by atoms with E-state index in [0.717, 1.165) is 24.4 Å². The number of aromatic nitrogens is 3. The van der Waals surface area contributed by atoms with Gasteiger partial charge in [-0.1, -0.05) is 0 Å². The van der Waals surface area contributed by atoms with Gasteiger partial charge in [-0.15, -0.1) is 11.3 Å². The van der Waals surface area contributed by atoms with Crippen LogP contribution in [0.1, 0.15) is 42.2 Å². The van der Waals surface area contributed by atoms with E-state index in [1.165, 1.54) is 17.8 Å². The first kappa shape index (κ1) is 20.2. The molecule has 1 N–H and O–H groups in total. The Morgan fingerprint density at radius 2 is 2.03 bits per heavy atom. The molecular weight excluding hydrogens is 398 g/mol. The maximum Gasteiger partial charge on any atom is 0.254 e. The summed E-state index contributed by atoms with van der Waals surface area (Å²) in [5.74, 6) is -0.103. The molecule has 2 amide bonds. The third-order valence-electron chi connectivity index (χ3n) is 5.16. The van der Waals surface area contributed by atoms with Crippen molar-refractivity contribution in [2.75, 3.05) is 11.9 Å². The van der Waals surface area contributed by atoms with E-state index in [9.17, 15) is 9.59 Å². The van der Waals surface area contributed by atoms with Crippen molar-refractivity contribution in [1.82, 2.24) is 19.9 Å². The Hall–Kier alpha value is -3.13. The van der Waals surface area contributed by atoms with Crippen molar-refractivity contribution < 1.29 is 9.59 Å². The van der Waals surface area contributed by atoms with Crippen molar-refractivity contribution in [3.63, 3.8) is 0 Å². The fourth-order valence-electron chi connectivity index (χ4n) is 3.55. The predicted octanol–water partition coefficient (Wildman–Crippen LogP) is 3.80. The van der Waals surface area contributed by atoms with E-state index in [0.29, 0.717) is 22.6 Å². The normalized spacial score (nSPS) is 16.3. The van der Waals surface area contributed by atoms with Crippen LogP contribution in [-0.4, -0.2) is 44.3 Å². The molecule has 3 heterocycles. The van der Waals surface area contributed by atoms with Crippen LogP contribution < -0.4 is 5.32 Å². The van der Waals surface area contributed by atoms with Gasteiger partial charge in [0.05, 0.1) is 18.3 Å². The van der Waals surface area contributed by atoms with E-state index in [4.69, 9.17) is 0 Å². The zero-order chi connectivity index (χ0) is 20.9. The molecular formula is C22H23N5O2S. The molecule has 1 saturated heterocycles. The number of piperidine rings is 1. The fraction of sp³-hybridized carbons (Fsp3) is 0.318. The zero-order valence-corrected chi connectivity index (χ0v) is 17.6. The summed E-state index contributed by atoms with van der Waals surface area (Å²) >= 11 is 1.43. The number of nitrogens with one attached hydrogen (secondary N) is 1. The van der Waals surface area contributed by atoms with Gasteiger partial charge in [-0.05, 0) is 50.5 Å². The lowest BCUT2D eigenvalue weighted by Crippen LogP contribution is -2.42. The van der Waals surface area contributed by atoms with Gasteiger partial charge in [0.2, 0.25) is 5.91 Å². The van der Waals surface area contributed by atoms with Gasteiger partial charge in [0.25, 0.3) is 5.91 Å². The predicted molar refractivity (Wildman–Crippen MR) is 116 cm³/mol. The van der Waals surface area contributed by atoms with E-state index < -0.39 is 0 Å². The molecule has 154 valence electrons. The van der Waals surface area contributed by atoms with Gasteiger partial charge >= 0.3 is 0 Å². The van der Waals surface area contributed by atoms with Gasteiger partial charge in [0, 0.05) is 41.6 Å². The van der Waals surface area contributed by atoms with Crippen molar-refractivity contribution in [2.24, 2.45) is 0 Å². The molecule has 0 spiro atoms. The Bertz CT molecular complexity index is 1020. The molecule has 1 unspecified atom stereocenters. The molecule has 3 aromatic rings. The zero-order valence-electron chi connectivity index (χ0n) is 16.7. The minimum Gasteiger partial charge on any atom is -0.336 e. The third-order valence-corrected chi connectivity index (χ3v) is 6.07. The first-order valence-corrected chi connectivity index (χ1v) is 10.9. The quantitative estimate of drug-likeness (QED) is 0.677. The second-order valence-corrected chi connectivity index (χ2v) is 8.24. The van der Waals surface area contributed by atoms with Crippen LogP contribution in [0.5, 0.6) is 0 Å². The monoisotopic (exact) mass is 421 g/mol. The summed E-state index contributed by atoms with van der Waals surface area (Å²) in [5, 5.41) is 5.46. The van der Waals surface area contributed by atoms with E-state index in [1.54, 1.807) is 42.9 Å². The van der Waals surface area contributed by atoms with Gasteiger partial charge in [-0.25, -0.2) is 4.98 Å². The summed E-state index contributed by atoms with van der Waals surface area (Å²) in [7, 11) is 0. The first-order chi connectivity index (χ1) is 14.6. The largest absolute Gasteiger partial charge is 0.336 e. The summed E-state index contributed by atoms with van der Waals surface area (Å²) in [4.78, 5) is 39.8. The van der Waals surface area contributed by atoms with Crippen molar-refractivity contribution in [2.45, 2.75) is 38.6 Å². The summed E-state index contributed by atoms with van der Waals surface area (Å²) in [6.45, 7) is 2.91. The number of likely N-dealkylation sites (tertiary alicyclic amines) is 1. The molecule has 7 nitrogen and oxygen atoms in total. The molecule has 0 bridgehead atoms. The summed E-state index contributed by atoms with van der Waals surface area (Å²) < 4.78 is 0. The van der Waals surface area contributed by atoms with Gasteiger partial charge in [-0.3, -0.25) is 19.6 Å². The van der Waals surface area contributed by atoms with Crippen molar-refractivity contribution in [1.29, 1.82) is 0 Å². The highest BCUT2D eigenvalue weighted by Gasteiger charge is 2.24. The lowest BCUT2D eigenvalue weighted by Gasteiger charge is -2.33. The average Bonchev–Trinajstić information content (AvgIpc) is 3.23. The highest BCUT2D eigenvalue weighted by molar-refractivity contribution is 7.13. The van der Waals surface area contributed by atoms with Crippen LogP contribution in [0.2, 0.25) is 0 Å². The Labute approximate surface area is 179 Å². The lowest BCUT2D eigenvalue weighted by molar-refractivity contribution is -0.115. The van der Waals surface area contributed by atoms with Crippen LogP contribution in [-0.2, 0) is 11.2 Å². The number of rotatable bonds is 5. The molecule has 1 aliphatic rings. The van der Waals surface area contributed by atoms with Crippen molar-refractivity contribution >= 4 is 28.8 Å². The number of hydrogen-bond acceptors (Lipinski definition) is 6. The van der Waals surface area contributed by atoms with E-state index in [2.05, 4.69) is 27.2 Å². The number of carbonyl (C=O) groups excluding carboxylic acids is 2. The summed E-state index contributed by atoms with van der Waals surface area (Å²) in [6.07, 6.45) is 8.32. The van der Waals surface area contributed by atoms with Gasteiger partial charge < -0.3 is 10.2 Å². The Morgan fingerprint density at radius 1 is 1.20 bits per heavy atom. The summed E-state index contributed by atoms with van der Waals surface area (Å²) in [6, 6.07) is 7.36. The second kappa shape index (κ2) is 9.13. The molecule has 1 aromatic carbocycles. The molecule has 8 heteroatoms. The molecule has 1 aliphatic heterocycles. The Morgan fingerprint density at radius 3 is 2.77 bits per heavy atom. The molecule has 30 heavy (non-hydrogen) atoms. The molecule has 0 aliphatic carbocycles. The molecule has 2 aromatic heterocycles. The maximum atomic E-state index is 12.7. The first-order valence-electron chi connectivity index (χ1n) is 10.0. The number of thiazole rings is 1. The van der Waals surface area contributed by atoms with E-state index in [-0.39, 0.29) is 24.3 Å². The van der Waals surface area contributed by atoms with Crippen LogP contribution in [0.25, 0.3) is 10.7 Å². The lowest BCUT2D eigenvalue weighted by atomic mass is 10.0. The summed E-state index contributed by atoms with van der Waals surface area (Å²) in [5.41, 5.74) is 2.68. The standard InChI is InChI=1S/C22H23N5O2S/c1-15-4-2-3-11-27(15)22(29)16-5-7-17(8-6-16)25-20(28)12-18-14-30-21(26-18)19-13-23-9-10-24-19/h5-10,13-15H,2-4,11-12H2,1H3,(H,25,28). The number of amides is 2. The van der Waals surface area contributed by atoms with Gasteiger partial charge in [-0.2, -0.15) is 0 Å². The number of anilines is 1. The number of hydrogen-bond donors (Lipinski definition) is 1. The molecule has 0 radical (unpaired) electrons. The fourth-order valence-corrected chi connectivity index (χ4v) is 4.33. The molecule has 0 saturated carbocycles. The molecule has 1 atom stereocenters. The SMILES string of the molecule is CC1CCCCN1C(=O)c1ccc(NC(=O)Cc2csc(-c3cnccn3)n2)cc1. The molecule has 1 fully saturated rings. The number of nitrogens with zero attached hydrogens (tertiary/aromatic N) is 4. The second-order valence-electron chi connectivity index (χ2n) is 7.38. The molecule has 4 rings (SSSR count). The van der Waals surface area contributed by atoms with Crippen LogP contribution in [0, 0.1) is 0 Å². The van der Waals surface area contributed by atoms with Crippen LogP contribution in [0.3, 0.4) is 0 Å². The average molecular weight is 422 g/mol. The van der Waals surface area contributed by atoms with Gasteiger partial charge in [0.1, 0.15) is 10.7 Å². The minimum atomic E-state index is -0.158. The van der Waals surface area contributed by atoms with Crippen LogP contribution in [0.15, 0.2) is 48.2 Å². The number of carbonyl (C=O) groups is 2. The topological polar surface area (TPSA) is 88.1 Å². The maximum absolute atomic E-state index is 12.7. The van der Waals surface area contributed by atoms with E-state index >= 15 is 0 Å². The van der Waals surface area contributed by atoms with Crippen molar-refractivity contribution in [3.8, 4) is 10.7 Å². The smallest absolute Gasteiger partial charge is 0.254 e. The van der Waals surface area contributed by atoms with Crippen LogP contribution in [0.4, 0.5) is 5.69 Å². The Balaban J connectivity index is 1.35. The van der Waals surface area contributed by atoms with Crippen molar-refractivity contribution in [3.05, 3.63) is 59.5 Å². The number of benzene rings is 1. The van der Waals surface area contributed by atoms with Crippen LogP contribution >= 0.6 is 11.3 Å². The minimum absolute atomic E-state index is 0.0547. The highest BCUT2D eigenvalue weighted by atomic mass is 32.1. The van der Waals surface area contributed by atoms with Gasteiger partial charge in [0.15, 0.2) is 0 Å². The Kier molecular flexibility index (Phi) is 6.13. The van der Waals surface area contributed by atoms with E-state index in [1.807, 2.05) is 10.3 Å². The third kappa shape index (κ3) is 4.71.